The predicted molar refractivity (Wildman–Crippen MR) is 107 cm³/mol. The average molecular weight is 366 g/mol. The third-order valence-corrected chi connectivity index (χ3v) is 5.08. The van der Waals surface area contributed by atoms with Gasteiger partial charge in [0.2, 0.25) is 5.91 Å². The molecule has 1 rings (SSSR count). The van der Waals surface area contributed by atoms with Crippen LogP contribution in [0, 0.1) is 0 Å². The molecule has 0 bridgehead atoms. The molecule has 1 saturated heterocycles. The van der Waals surface area contributed by atoms with E-state index in [0.717, 1.165) is 12.8 Å². The van der Waals surface area contributed by atoms with Gasteiger partial charge in [0.1, 0.15) is 6.04 Å². The Morgan fingerprint density at radius 1 is 0.923 bits per heavy atom. The third kappa shape index (κ3) is 12.1. The summed E-state index contributed by atoms with van der Waals surface area (Å²) in [5.74, 6) is -0.313. The van der Waals surface area contributed by atoms with E-state index in [2.05, 4.69) is 11.9 Å². The minimum atomic E-state index is -0.408. The standard InChI is InChI=1S/C22H39NO3/c1-2-3-4-5-6-7-8-9-10-11-12-13-14-15-16-19-26-22(25)20-17-18-21(24)23-20/h2,20H,1,3-19H2,(H,23,24)/t20-/m0/s1. The Labute approximate surface area is 160 Å². The summed E-state index contributed by atoms with van der Waals surface area (Å²) in [6.07, 6.45) is 21.0. The number of allylic oxidation sites excluding steroid dienone is 1. The molecule has 150 valence electrons. The average Bonchev–Trinajstić information content (AvgIpc) is 3.07. The van der Waals surface area contributed by atoms with Crippen LogP contribution in [0.3, 0.4) is 0 Å². The van der Waals surface area contributed by atoms with E-state index in [0.29, 0.717) is 19.4 Å². The highest BCUT2D eigenvalue weighted by molar-refractivity contribution is 5.87. The van der Waals surface area contributed by atoms with Crippen molar-refractivity contribution in [2.75, 3.05) is 6.61 Å². The van der Waals surface area contributed by atoms with E-state index in [1.807, 2.05) is 6.08 Å². The first-order valence-corrected chi connectivity index (χ1v) is 10.8. The van der Waals surface area contributed by atoms with E-state index in [9.17, 15) is 9.59 Å². The van der Waals surface area contributed by atoms with Crippen LogP contribution in [0.4, 0.5) is 0 Å². The molecule has 0 aromatic rings. The SMILES string of the molecule is C=CCCCCCCCCCCCCCCCOC(=O)[C@@H]1CCC(=O)N1. The van der Waals surface area contributed by atoms with Gasteiger partial charge in [-0.3, -0.25) is 4.79 Å². The van der Waals surface area contributed by atoms with E-state index in [1.165, 1.54) is 77.0 Å². The lowest BCUT2D eigenvalue weighted by molar-refractivity contribution is -0.146. The summed E-state index contributed by atoms with van der Waals surface area (Å²) in [6.45, 7) is 4.24. The van der Waals surface area contributed by atoms with Crippen molar-refractivity contribution in [1.82, 2.24) is 5.32 Å². The highest BCUT2D eigenvalue weighted by Crippen LogP contribution is 2.13. The van der Waals surface area contributed by atoms with Crippen molar-refractivity contribution in [3.8, 4) is 0 Å². The van der Waals surface area contributed by atoms with Crippen molar-refractivity contribution in [3.63, 3.8) is 0 Å². The van der Waals surface area contributed by atoms with Gasteiger partial charge in [0.15, 0.2) is 0 Å². The van der Waals surface area contributed by atoms with Crippen molar-refractivity contribution in [2.45, 2.75) is 109 Å². The minimum Gasteiger partial charge on any atom is -0.464 e. The number of ether oxygens (including phenoxy) is 1. The smallest absolute Gasteiger partial charge is 0.328 e. The maximum Gasteiger partial charge on any atom is 0.328 e. The number of amides is 1. The van der Waals surface area contributed by atoms with E-state index in [4.69, 9.17) is 4.74 Å². The first-order chi connectivity index (χ1) is 12.7. The maximum atomic E-state index is 11.7. The van der Waals surface area contributed by atoms with E-state index in [-0.39, 0.29) is 11.9 Å². The number of esters is 1. The summed E-state index contributed by atoms with van der Waals surface area (Å²) in [7, 11) is 0. The van der Waals surface area contributed by atoms with Crippen LogP contribution >= 0.6 is 0 Å². The molecule has 4 heteroatoms. The van der Waals surface area contributed by atoms with Crippen LogP contribution in [0.5, 0.6) is 0 Å². The number of nitrogens with one attached hydrogen (secondary N) is 1. The molecule has 1 aliphatic heterocycles. The van der Waals surface area contributed by atoms with Crippen molar-refractivity contribution < 1.29 is 14.3 Å². The Morgan fingerprint density at radius 3 is 1.88 bits per heavy atom. The van der Waals surface area contributed by atoms with Gasteiger partial charge in [0.25, 0.3) is 0 Å². The molecule has 0 unspecified atom stereocenters. The molecule has 26 heavy (non-hydrogen) atoms. The largest absolute Gasteiger partial charge is 0.464 e. The Hall–Kier alpha value is -1.32. The predicted octanol–water partition coefficient (Wildman–Crippen LogP) is 5.46. The normalized spacial score (nSPS) is 16.5. The number of hydrogen-bond donors (Lipinski definition) is 1. The van der Waals surface area contributed by atoms with Crippen molar-refractivity contribution >= 4 is 11.9 Å². The molecule has 1 fully saturated rings. The zero-order chi connectivity index (χ0) is 18.9. The number of carbonyl (C=O) groups is 2. The van der Waals surface area contributed by atoms with E-state index >= 15 is 0 Å². The van der Waals surface area contributed by atoms with Crippen LogP contribution in [0.2, 0.25) is 0 Å². The summed E-state index contributed by atoms with van der Waals surface area (Å²) in [4.78, 5) is 22.8. The first-order valence-electron chi connectivity index (χ1n) is 10.8. The van der Waals surface area contributed by atoms with Crippen molar-refractivity contribution in [2.24, 2.45) is 0 Å². The van der Waals surface area contributed by atoms with Crippen LogP contribution in [-0.4, -0.2) is 24.5 Å². The van der Waals surface area contributed by atoms with E-state index < -0.39 is 6.04 Å². The topological polar surface area (TPSA) is 55.4 Å². The van der Waals surface area contributed by atoms with Crippen molar-refractivity contribution in [1.29, 1.82) is 0 Å². The van der Waals surface area contributed by atoms with Gasteiger partial charge in [-0.25, -0.2) is 4.79 Å². The van der Waals surface area contributed by atoms with Crippen LogP contribution in [0.15, 0.2) is 12.7 Å². The van der Waals surface area contributed by atoms with Crippen LogP contribution in [-0.2, 0) is 14.3 Å². The van der Waals surface area contributed by atoms with Crippen molar-refractivity contribution in [3.05, 3.63) is 12.7 Å². The molecule has 1 atom stereocenters. The number of unbranched alkanes of at least 4 members (excludes halogenated alkanes) is 13. The summed E-state index contributed by atoms with van der Waals surface area (Å²) in [6, 6.07) is -0.408. The lowest BCUT2D eigenvalue weighted by Gasteiger charge is -2.09. The highest BCUT2D eigenvalue weighted by Gasteiger charge is 2.28. The van der Waals surface area contributed by atoms with Gasteiger partial charge in [-0.15, -0.1) is 6.58 Å². The summed E-state index contributed by atoms with van der Waals surface area (Å²) in [5.41, 5.74) is 0. The summed E-state index contributed by atoms with van der Waals surface area (Å²) in [5, 5.41) is 2.64. The Kier molecular flexibility index (Phi) is 13.9. The molecule has 0 spiro atoms. The fraction of sp³-hybridized carbons (Fsp3) is 0.818. The lowest BCUT2D eigenvalue weighted by atomic mass is 10.0. The van der Waals surface area contributed by atoms with Crippen LogP contribution in [0.25, 0.3) is 0 Å². The molecule has 1 N–H and O–H groups in total. The number of hydrogen-bond acceptors (Lipinski definition) is 3. The van der Waals surface area contributed by atoms with Gasteiger partial charge in [0.05, 0.1) is 6.61 Å². The number of rotatable bonds is 17. The monoisotopic (exact) mass is 365 g/mol. The second-order valence-corrected chi connectivity index (χ2v) is 7.50. The van der Waals surface area contributed by atoms with Gasteiger partial charge < -0.3 is 10.1 Å². The third-order valence-electron chi connectivity index (χ3n) is 5.08. The van der Waals surface area contributed by atoms with Gasteiger partial charge in [0, 0.05) is 6.42 Å². The Balaban J connectivity index is 1.74. The maximum absolute atomic E-state index is 11.7. The Bertz CT molecular complexity index is 395. The molecule has 1 amide bonds. The van der Waals surface area contributed by atoms with Gasteiger partial charge in [-0.05, 0) is 25.7 Å². The van der Waals surface area contributed by atoms with Crippen LogP contribution in [0.1, 0.15) is 103 Å². The molecule has 0 aromatic heterocycles. The second-order valence-electron chi connectivity index (χ2n) is 7.50. The summed E-state index contributed by atoms with van der Waals surface area (Å²) >= 11 is 0. The molecule has 0 aromatic carbocycles. The molecule has 1 heterocycles. The molecule has 1 aliphatic rings. The zero-order valence-electron chi connectivity index (χ0n) is 16.6. The number of carbonyl (C=O) groups excluding carboxylic acids is 2. The zero-order valence-corrected chi connectivity index (χ0v) is 16.6. The van der Waals surface area contributed by atoms with Gasteiger partial charge >= 0.3 is 5.97 Å². The summed E-state index contributed by atoms with van der Waals surface area (Å²) < 4.78 is 5.23. The molecule has 4 nitrogen and oxygen atoms in total. The highest BCUT2D eigenvalue weighted by atomic mass is 16.5. The molecule has 0 aliphatic carbocycles. The lowest BCUT2D eigenvalue weighted by Crippen LogP contribution is -2.34. The van der Waals surface area contributed by atoms with E-state index in [1.54, 1.807) is 0 Å². The minimum absolute atomic E-state index is 0.0459. The quantitative estimate of drug-likeness (QED) is 0.212. The molecular weight excluding hydrogens is 326 g/mol. The van der Waals surface area contributed by atoms with Gasteiger partial charge in [-0.2, -0.15) is 0 Å². The van der Waals surface area contributed by atoms with Gasteiger partial charge in [-0.1, -0.05) is 76.7 Å². The van der Waals surface area contributed by atoms with Crippen LogP contribution < -0.4 is 5.32 Å². The molecule has 0 saturated carbocycles. The fourth-order valence-electron chi connectivity index (χ4n) is 3.40. The molecular formula is C22H39NO3. The first kappa shape index (κ1) is 22.7. The fourth-order valence-corrected chi connectivity index (χ4v) is 3.40. The Morgan fingerprint density at radius 2 is 1.42 bits per heavy atom. The molecule has 0 radical (unpaired) electrons. The second kappa shape index (κ2) is 15.9.